The first-order valence-electron chi connectivity index (χ1n) is 5.03. The molecule has 6 nitrogen and oxygen atoms in total. The quantitative estimate of drug-likeness (QED) is 0.451. The molecule has 0 aromatic heterocycles. The molecule has 0 rings (SSSR count). The Kier molecular flexibility index (Phi) is 9.15. The molecule has 0 aromatic rings. The standard InChI is InChI=1S/C9H21N3O3/c1-12(2)9(14)11-4-3-10-5-7-15-8-6-13/h10,13H,3-8H2,1-2H3,(H,11,14). The number of nitrogens with one attached hydrogen (secondary N) is 2. The minimum Gasteiger partial charge on any atom is -0.394 e. The van der Waals surface area contributed by atoms with E-state index in [9.17, 15) is 4.79 Å². The molecule has 0 saturated heterocycles. The number of hydrogen-bond acceptors (Lipinski definition) is 4. The molecule has 6 heteroatoms. The third-order valence-electron chi connectivity index (χ3n) is 1.64. The monoisotopic (exact) mass is 219 g/mol. The van der Waals surface area contributed by atoms with Crippen molar-refractivity contribution in [3.8, 4) is 0 Å². The van der Waals surface area contributed by atoms with E-state index in [2.05, 4.69) is 10.6 Å². The van der Waals surface area contributed by atoms with Crippen LogP contribution in [0.1, 0.15) is 0 Å². The fourth-order valence-corrected chi connectivity index (χ4v) is 0.852. The molecule has 0 heterocycles. The van der Waals surface area contributed by atoms with E-state index in [1.807, 2.05) is 0 Å². The van der Waals surface area contributed by atoms with Gasteiger partial charge in [-0.25, -0.2) is 4.79 Å². The summed E-state index contributed by atoms with van der Waals surface area (Å²) in [6, 6.07) is -0.0895. The Morgan fingerprint density at radius 1 is 1.27 bits per heavy atom. The molecule has 3 N–H and O–H groups in total. The predicted octanol–water partition coefficient (Wildman–Crippen LogP) is -1.14. The van der Waals surface area contributed by atoms with Gasteiger partial charge >= 0.3 is 6.03 Å². The highest BCUT2D eigenvalue weighted by Gasteiger charge is 1.99. The number of aliphatic hydroxyl groups is 1. The van der Waals surface area contributed by atoms with Crippen molar-refractivity contribution < 1.29 is 14.6 Å². The van der Waals surface area contributed by atoms with Gasteiger partial charge in [0.1, 0.15) is 0 Å². The van der Waals surface area contributed by atoms with Gasteiger partial charge in [0.2, 0.25) is 0 Å². The maximum absolute atomic E-state index is 11.1. The second-order valence-corrected chi connectivity index (χ2v) is 3.21. The molecule has 0 aliphatic heterocycles. The third-order valence-corrected chi connectivity index (χ3v) is 1.64. The Morgan fingerprint density at radius 2 is 2.00 bits per heavy atom. The van der Waals surface area contributed by atoms with E-state index >= 15 is 0 Å². The topological polar surface area (TPSA) is 73.8 Å². The average molecular weight is 219 g/mol. The minimum absolute atomic E-state index is 0.0545. The van der Waals surface area contributed by atoms with Gasteiger partial charge in [-0.05, 0) is 0 Å². The van der Waals surface area contributed by atoms with Crippen LogP contribution in [0.4, 0.5) is 4.79 Å². The molecular weight excluding hydrogens is 198 g/mol. The van der Waals surface area contributed by atoms with E-state index < -0.39 is 0 Å². The maximum atomic E-state index is 11.1. The molecule has 0 saturated carbocycles. The lowest BCUT2D eigenvalue weighted by Crippen LogP contribution is -2.38. The van der Waals surface area contributed by atoms with Crippen LogP contribution in [0.25, 0.3) is 0 Å². The summed E-state index contributed by atoms with van der Waals surface area (Å²) < 4.78 is 5.04. The summed E-state index contributed by atoms with van der Waals surface area (Å²) in [7, 11) is 3.40. The number of hydrogen-bond donors (Lipinski definition) is 3. The SMILES string of the molecule is CN(C)C(=O)NCCNCCOCCO. The van der Waals surface area contributed by atoms with Crippen LogP contribution in [0.15, 0.2) is 0 Å². The van der Waals surface area contributed by atoms with Crippen molar-refractivity contribution in [2.45, 2.75) is 0 Å². The summed E-state index contributed by atoms with van der Waals surface area (Å²) in [5.74, 6) is 0. The second kappa shape index (κ2) is 9.70. The van der Waals surface area contributed by atoms with Crippen molar-refractivity contribution >= 4 is 6.03 Å². The number of ether oxygens (including phenoxy) is 1. The van der Waals surface area contributed by atoms with E-state index in [0.29, 0.717) is 26.3 Å². The Bertz CT molecular complexity index is 165. The van der Waals surface area contributed by atoms with Crippen LogP contribution in [0, 0.1) is 0 Å². The summed E-state index contributed by atoms with van der Waals surface area (Å²) in [6.07, 6.45) is 0. The van der Waals surface area contributed by atoms with Crippen LogP contribution in [0.5, 0.6) is 0 Å². The van der Waals surface area contributed by atoms with Crippen LogP contribution in [0.3, 0.4) is 0 Å². The minimum atomic E-state index is -0.0895. The van der Waals surface area contributed by atoms with Crippen molar-refractivity contribution in [1.82, 2.24) is 15.5 Å². The summed E-state index contributed by atoms with van der Waals surface area (Å²) in [4.78, 5) is 12.5. The highest BCUT2D eigenvalue weighted by atomic mass is 16.5. The number of aliphatic hydroxyl groups excluding tert-OH is 1. The highest BCUT2D eigenvalue weighted by molar-refractivity contribution is 5.73. The van der Waals surface area contributed by atoms with E-state index in [1.54, 1.807) is 14.1 Å². The molecular formula is C9H21N3O3. The Balaban J connectivity index is 3.08. The molecule has 0 unspecified atom stereocenters. The summed E-state index contributed by atoms with van der Waals surface area (Å²) in [5, 5.41) is 14.2. The number of nitrogens with zero attached hydrogens (tertiary/aromatic N) is 1. The third kappa shape index (κ3) is 9.45. The van der Waals surface area contributed by atoms with Crippen LogP contribution < -0.4 is 10.6 Å². The molecule has 0 aliphatic rings. The number of carbonyl (C=O) groups is 1. The van der Waals surface area contributed by atoms with Crippen molar-refractivity contribution in [2.24, 2.45) is 0 Å². The first-order chi connectivity index (χ1) is 7.18. The maximum Gasteiger partial charge on any atom is 0.316 e. The zero-order valence-corrected chi connectivity index (χ0v) is 9.45. The van der Waals surface area contributed by atoms with Crippen LogP contribution in [-0.4, -0.2) is 69.6 Å². The van der Waals surface area contributed by atoms with Crippen molar-refractivity contribution in [1.29, 1.82) is 0 Å². The van der Waals surface area contributed by atoms with Gasteiger partial charge in [-0.1, -0.05) is 0 Å². The highest BCUT2D eigenvalue weighted by Crippen LogP contribution is 1.75. The molecule has 0 radical (unpaired) electrons. The van der Waals surface area contributed by atoms with Gasteiger partial charge in [-0.2, -0.15) is 0 Å². The lowest BCUT2D eigenvalue weighted by molar-refractivity contribution is 0.0940. The largest absolute Gasteiger partial charge is 0.394 e. The molecule has 0 aromatic carbocycles. The van der Waals surface area contributed by atoms with Crippen molar-refractivity contribution in [2.75, 3.05) is 53.6 Å². The van der Waals surface area contributed by atoms with Gasteiger partial charge in [0.15, 0.2) is 0 Å². The van der Waals surface area contributed by atoms with Crippen molar-refractivity contribution in [3.05, 3.63) is 0 Å². The molecule has 2 amide bonds. The normalized spacial score (nSPS) is 10.1. The zero-order valence-electron chi connectivity index (χ0n) is 9.45. The Labute approximate surface area is 90.6 Å². The van der Waals surface area contributed by atoms with Crippen LogP contribution in [-0.2, 0) is 4.74 Å². The van der Waals surface area contributed by atoms with Crippen molar-refractivity contribution in [3.63, 3.8) is 0 Å². The van der Waals surface area contributed by atoms with Gasteiger partial charge in [0.05, 0.1) is 19.8 Å². The number of urea groups is 1. The number of carbonyl (C=O) groups excluding carboxylic acids is 1. The zero-order chi connectivity index (χ0) is 11.5. The average Bonchev–Trinajstić information content (AvgIpc) is 2.21. The Morgan fingerprint density at radius 3 is 2.60 bits per heavy atom. The fraction of sp³-hybridized carbons (Fsp3) is 0.889. The van der Waals surface area contributed by atoms with E-state index in [0.717, 1.165) is 6.54 Å². The van der Waals surface area contributed by atoms with Gasteiger partial charge in [0, 0.05) is 33.7 Å². The van der Waals surface area contributed by atoms with Gasteiger partial charge in [-0.15, -0.1) is 0 Å². The fourth-order valence-electron chi connectivity index (χ4n) is 0.852. The van der Waals surface area contributed by atoms with Gasteiger partial charge in [-0.3, -0.25) is 0 Å². The van der Waals surface area contributed by atoms with Gasteiger partial charge < -0.3 is 25.4 Å². The summed E-state index contributed by atoms with van der Waals surface area (Å²) in [5.41, 5.74) is 0. The molecule has 0 atom stereocenters. The van der Waals surface area contributed by atoms with E-state index in [-0.39, 0.29) is 12.6 Å². The summed E-state index contributed by atoms with van der Waals surface area (Å²) in [6.45, 7) is 3.02. The smallest absolute Gasteiger partial charge is 0.316 e. The molecule has 15 heavy (non-hydrogen) atoms. The Hall–Kier alpha value is -0.850. The first-order valence-corrected chi connectivity index (χ1v) is 5.03. The van der Waals surface area contributed by atoms with Crippen LogP contribution in [0.2, 0.25) is 0 Å². The lowest BCUT2D eigenvalue weighted by atomic mass is 10.5. The summed E-state index contributed by atoms with van der Waals surface area (Å²) >= 11 is 0. The molecule has 0 spiro atoms. The molecule has 90 valence electrons. The molecule has 0 aliphatic carbocycles. The first kappa shape index (κ1) is 14.2. The van der Waals surface area contributed by atoms with E-state index in [4.69, 9.17) is 9.84 Å². The molecule has 0 fully saturated rings. The van der Waals surface area contributed by atoms with Crippen LogP contribution >= 0.6 is 0 Å². The predicted molar refractivity (Wildman–Crippen MR) is 57.9 cm³/mol. The van der Waals surface area contributed by atoms with Gasteiger partial charge in [0.25, 0.3) is 0 Å². The lowest BCUT2D eigenvalue weighted by Gasteiger charge is -2.12. The molecule has 0 bridgehead atoms. The number of rotatable bonds is 8. The number of amides is 2. The second-order valence-electron chi connectivity index (χ2n) is 3.21. The van der Waals surface area contributed by atoms with E-state index in [1.165, 1.54) is 4.90 Å².